The number of hydrogen-bond acceptors (Lipinski definition) is 6. The third-order valence-corrected chi connectivity index (χ3v) is 7.09. The predicted molar refractivity (Wildman–Crippen MR) is 144 cm³/mol. The fourth-order valence-corrected chi connectivity index (χ4v) is 4.79. The molecule has 10 nitrogen and oxygen atoms in total. The lowest BCUT2D eigenvalue weighted by Crippen LogP contribution is -2.48. The molecule has 1 heterocycles. The smallest absolute Gasteiger partial charge is 0.416 e. The van der Waals surface area contributed by atoms with Crippen LogP contribution in [0, 0.1) is 5.92 Å². The van der Waals surface area contributed by atoms with Crippen LogP contribution in [0.4, 0.5) is 29.3 Å². The molecule has 0 aromatic heterocycles. The molecule has 0 saturated carbocycles. The Morgan fingerprint density at radius 2 is 1.82 bits per heavy atom. The zero-order chi connectivity index (χ0) is 29.8. The molecular formula is C26H33F3N4O6S. The first-order valence-electron chi connectivity index (χ1n) is 12.4. The number of rotatable bonds is 7. The Morgan fingerprint density at radius 3 is 2.40 bits per heavy atom. The summed E-state index contributed by atoms with van der Waals surface area (Å²) in [4.78, 5) is 28.9. The number of urea groups is 1. The van der Waals surface area contributed by atoms with E-state index in [0.29, 0.717) is 11.3 Å². The monoisotopic (exact) mass is 586 g/mol. The van der Waals surface area contributed by atoms with Crippen molar-refractivity contribution in [1.29, 1.82) is 0 Å². The Balaban J connectivity index is 1.85. The topological polar surface area (TPSA) is 128 Å². The molecule has 3 amide bonds. The molecule has 0 unspecified atom stereocenters. The number of nitrogens with zero attached hydrogens (tertiary/aromatic N) is 2. The average Bonchev–Trinajstić information content (AvgIpc) is 2.90. The number of anilines is 2. The minimum Gasteiger partial charge on any atom is -0.488 e. The number of hydrogen-bond donors (Lipinski definition) is 3. The largest absolute Gasteiger partial charge is 0.488 e. The molecule has 220 valence electrons. The third-order valence-electron chi connectivity index (χ3n) is 6.48. The van der Waals surface area contributed by atoms with Crippen LogP contribution in [0.15, 0.2) is 42.5 Å². The van der Waals surface area contributed by atoms with E-state index in [4.69, 9.17) is 4.74 Å². The number of likely N-dealkylation sites (N-methyl/N-ethyl adjacent to an activating group) is 1. The van der Waals surface area contributed by atoms with Crippen molar-refractivity contribution in [2.75, 3.05) is 43.0 Å². The lowest BCUT2D eigenvalue weighted by atomic mass is 10.0. The normalized spacial score (nSPS) is 18.9. The number of aliphatic hydroxyl groups excluding tert-OH is 1. The number of ether oxygens (including phenoxy) is 1. The Labute approximate surface area is 231 Å². The van der Waals surface area contributed by atoms with E-state index in [-0.39, 0.29) is 49.3 Å². The maximum absolute atomic E-state index is 13.2. The lowest BCUT2D eigenvalue weighted by molar-refractivity contribution is -0.137. The molecule has 0 aliphatic carbocycles. The van der Waals surface area contributed by atoms with E-state index < -0.39 is 39.9 Å². The van der Waals surface area contributed by atoms with Gasteiger partial charge >= 0.3 is 12.2 Å². The van der Waals surface area contributed by atoms with Gasteiger partial charge in [-0.15, -0.1) is 0 Å². The maximum atomic E-state index is 13.2. The Hall–Kier alpha value is -3.52. The van der Waals surface area contributed by atoms with Gasteiger partial charge in [-0.2, -0.15) is 13.2 Å². The highest BCUT2D eigenvalue weighted by Crippen LogP contribution is 2.31. The molecule has 14 heteroatoms. The number of nitrogens with one attached hydrogen (secondary N) is 2. The number of aliphatic hydroxyl groups is 1. The van der Waals surface area contributed by atoms with Crippen molar-refractivity contribution in [2.45, 2.75) is 38.6 Å². The summed E-state index contributed by atoms with van der Waals surface area (Å²) in [7, 11) is -2.07. The summed E-state index contributed by atoms with van der Waals surface area (Å²) in [6.07, 6.45) is -4.24. The van der Waals surface area contributed by atoms with E-state index in [1.54, 1.807) is 13.0 Å². The van der Waals surface area contributed by atoms with Gasteiger partial charge in [0, 0.05) is 36.4 Å². The molecule has 40 heavy (non-hydrogen) atoms. The first-order valence-corrected chi connectivity index (χ1v) is 14.3. The molecule has 3 rings (SSSR count). The maximum Gasteiger partial charge on any atom is 0.416 e. The van der Waals surface area contributed by atoms with Crippen LogP contribution in [0.1, 0.15) is 25.0 Å². The van der Waals surface area contributed by atoms with Gasteiger partial charge in [0.15, 0.2) is 0 Å². The quantitative estimate of drug-likeness (QED) is 0.457. The first kappa shape index (κ1) is 31.0. The average molecular weight is 587 g/mol. The van der Waals surface area contributed by atoms with Crippen molar-refractivity contribution < 1.29 is 41.0 Å². The molecular weight excluding hydrogens is 553 g/mol. The van der Waals surface area contributed by atoms with E-state index in [1.807, 2.05) is 6.92 Å². The number of sulfonamides is 1. The second kappa shape index (κ2) is 12.3. The molecule has 0 spiro atoms. The van der Waals surface area contributed by atoms with Crippen LogP contribution in [0.2, 0.25) is 0 Å². The Bertz CT molecular complexity index is 1320. The van der Waals surface area contributed by atoms with Crippen LogP contribution in [0.3, 0.4) is 0 Å². The van der Waals surface area contributed by atoms with Crippen molar-refractivity contribution in [2.24, 2.45) is 5.92 Å². The highest BCUT2D eigenvalue weighted by Gasteiger charge is 2.32. The fraction of sp³-hybridized carbons (Fsp3) is 0.462. The summed E-state index contributed by atoms with van der Waals surface area (Å²) in [6.45, 7) is 3.52. The summed E-state index contributed by atoms with van der Waals surface area (Å²) in [5, 5.41) is 12.3. The summed E-state index contributed by atoms with van der Waals surface area (Å²) < 4.78 is 70.6. The number of fused-ring (bicyclic) bond motifs is 1. The molecule has 0 radical (unpaired) electrons. The SMILES string of the molecule is C[C@@H]1CN([C@@H](C)CO)C(=O)Cc2cc(NS(C)(=O)=O)ccc2O[C@H]1CN(C)C(=O)Nc1ccc(C(F)(F)F)cc1. The number of halogens is 3. The molecule has 1 aliphatic rings. The first-order chi connectivity index (χ1) is 18.6. The zero-order valence-corrected chi connectivity index (χ0v) is 23.3. The van der Waals surface area contributed by atoms with Gasteiger partial charge in [0.25, 0.3) is 0 Å². The lowest BCUT2D eigenvalue weighted by Gasteiger charge is -2.34. The summed E-state index contributed by atoms with van der Waals surface area (Å²) in [5.74, 6) is -0.276. The van der Waals surface area contributed by atoms with Gasteiger partial charge in [0.2, 0.25) is 15.9 Å². The molecule has 2 aromatic rings. The van der Waals surface area contributed by atoms with E-state index in [2.05, 4.69) is 10.0 Å². The minimum atomic E-state index is -4.50. The zero-order valence-electron chi connectivity index (χ0n) is 22.5. The van der Waals surface area contributed by atoms with Crippen molar-refractivity contribution >= 4 is 33.3 Å². The summed E-state index contributed by atoms with van der Waals surface area (Å²) >= 11 is 0. The van der Waals surface area contributed by atoms with Gasteiger partial charge in [0.05, 0.1) is 37.4 Å². The van der Waals surface area contributed by atoms with Gasteiger partial charge in [-0.25, -0.2) is 13.2 Å². The van der Waals surface area contributed by atoms with E-state index in [1.165, 1.54) is 29.0 Å². The number of amides is 3. The van der Waals surface area contributed by atoms with Crippen LogP contribution in [-0.4, -0.2) is 80.4 Å². The number of carbonyl (C=O) groups is 2. The Morgan fingerprint density at radius 1 is 1.20 bits per heavy atom. The number of alkyl halides is 3. The molecule has 3 N–H and O–H groups in total. The summed E-state index contributed by atoms with van der Waals surface area (Å²) in [5.41, 5.74) is 0.00977. The highest BCUT2D eigenvalue weighted by molar-refractivity contribution is 7.92. The predicted octanol–water partition coefficient (Wildman–Crippen LogP) is 3.39. The molecule has 0 bridgehead atoms. The second-order valence-corrected chi connectivity index (χ2v) is 11.7. The van der Waals surface area contributed by atoms with Crippen LogP contribution < -0.4 is 14.8 Å². The van der Waals surface area contributed by atoms with Crippen LogP contribution in [-0.2, 0) is 27.4 Å². The van der Waals surface area contributed by atoms with Crippen molar-refractivity contribution in [3.63, 3.8) is 0 Å². The van der Waals surface area contributed by atoms with Gasteiger partial charge in [-0.3, -0.25) is 9.52 Å². The number of carbonyl (C=O) groups excluding carboxylic acids is 2. The van der Waals surface area contributed by atoms with Gasteiger partial charge in [0.1, 0.15) is 11.9 Å². The van der Waals surface area contributed by atoms with E-state index >= 15 is 0 Å². The number of benzene rings is 2. The molecule has 1 aliphatic heterocycles. The van der Waals surface area contributed by atoms with Crippen LogP contribution in [0.25, 0.3) is 0 Å². The van der Waals surface area contributed by atoms with Crippen molar-refractivity contribution in [3.05, 3.63) is 53.6 Å². The molecule has 3 atom stereocenters. The van der Waals surface area contributed by atoms with Crippen LogP contribution >= 0.6 is 0 Å². The van der Waals surface area contributed by atoms with E-state index in [0.717, 1.165) is 30.5 Å². The molecule has 2 aromatic carbocycles. The van der Waals surface area contributed by atoms with Gasteiger partial charge < -0.3 is 25.0 Å². The van der Waals surface area contributed by atoms with E-state index in [9.17, 15) is 36.3 Å². The van der Waals surface area contributed by atoms with Gasteiger partial charge in [-0.1, -0.05) is 6.92 Å². The highest BCUT2D eigenvalue weighted by atomic mass is 32.2. The second-order valence-electron chi connectivity index (χ2n) is 9.97. The van der Waals surface area contributed by atoms with Crippen molar-refractivity contribution in [1.82, 2.24) is 9.80 Å². The minimum absolute atomic E-state index is 0.0476. The fourth-order valence-electron chi connectivity index (χ4n) is 4.24. The summed E-state index contributed by atoms with van der Waals surface area (Å²) in [6, 6.07) is 7.52. The standard InChI is InChI=1S/C26H33F3N4O6S/c1-16-13-33(17(2)15-34)24(35)12-18-11-21(31-40(4,37)38)9-10-22(18)39-23(16)14-32(3)25(36)30-20-7-5-19(6-8-20)26(27,28)29/h5-11,16-17,23,31,34H,12-15H2,1-4H3,(H,30,36)/t16-,17+,23+/m1/s1. The third kappa shape index (κ3) is 8.24. The Kier molecular flexibility index (Phi) is 9.56. The van der Waals surface area contributed by atoms with Crippen molar-refractivity contribution in [3.8, 4) is 5.75 Å². The molecule has 0 saturated heterocycles. The van der Waals surface area contributed by atoms with Gasteiger partial charge in [-0.05, 0) is 49.4 Å². The van der Waals surface area contributed by atoms with Crippen LogP contribution in [0.5, 0.6) is 5.75 Å². The molecule has 0 fully saturated rings.